The maximum Gasteiger partial charge on any atom is 0.322 e. The molecule has 0 aliphatic carbocycles. The van der Waals surface area contributed by atoms with Crippen LogP contribution in [0.15, 0.2) is 30.3 Å². The highest BCUT2D eigenvalue weighted by molar-refractivity contribution is 5.90. The number of carbonyl (C=O) groups excluding carboxylic acids is 1. The molecular formula is C15H20N2O4. The van der Waals surface area contributed by atoms with Gasteiger partial charge in [0.05, 0.1) is 19.3 Å². The molecule has 114 valence electrons. The molecule has 6 nitrogen and oxygen atoms in total. The molecule has 1 aliphatic heterocycles. The van der Waals surface area contributed by atoms with Gasteiger partial charge in [0.2, 0.25) is 0 Å². The standard InChI is InChI=1S/C15H20N2O4/c1-2-8-17(13-10-21-9-12(13)14(18)19)15(20)16-11-6-4-3-5-7-11/h3-7,12-13H,2,8-10H2,1H3,(H,16,20)(H,18,19). The Bertz CT molecular complexity index is 492. The number of hydrogen-bond acceptors (Lipinski definition) is 3. The van der Waals surface area contributed by atoms with Crippen LogP contribution in [-0.4, -0.2) is 47.8 Å². The Morgan fingerprint density at radius 2 is 2.05 bits per heavy atom. The van der Waals surface area contributed by atoms with E-state index in [1.165, 1.54) is 0 Å². The number of benzene rings is 1. The number of para-hydroxylation sites is 1. The number of nitrogens with zero attached hydrogens (tertiary/aromatic N) is 1. The predicted octanol–water partition coefficient (Wildman–Crippen LogP) is 2.03. The van der Waals surface area contributed by atoms with Crippen LogP contribution < -0.4 is 5.32 Å². The van der Waals surface area contributed by atoms with Crippen molar-refractivity contribution in [2.75, 3.05) is 25.1 Å². The molecule has 0 spiro atoms. The quantitative estimate of drug-likeness (QED) is 0.870. The molecule has 2 N–H and O–H groups in total. The van der Waals surface area contributed by atoms with Crippen molar-refractivity contribution in [3.8, 4) is 0 Å². The second kappa shape index (κ2) is 7.08. The lowest BCUT2D eigenvalue weighted by Gasteiger charge is -2.30. The van der Waals surface area contributed by atoms with Gasteiger partial charge in [-0.3, -0.25) is 4.79 Å². The van der Waals surface area contributed by atoms with Crippen molar-refractivity contribution in [2.24, 2.45) is 5.92 Å². The third-order valence-corrected chi connectivity index (χ3v) is 3.52. The van der Waals surface area contributed by atoms with E-state index in [9.17, 15) is 14.7 Å². The van der Waals surface area contributed by atoms with E-state index in [0.717, 1.165) is 6.42 Å². The summed E-state index contributed by atoms with van der Waals surface area (Å²) in [5, 5.41) is 12.0. The van der Waals surface area contributed by atoms with Crippen LogP contribution in [0.4, 0.5) is 10.5 Å². The van der Waals surface area contributed by atoms with E-state index in [4.69, 9.17) is 4.74 Å². The fourth-order valence-corrected chi connectivity index (χ4v) is 2.46. The topological polar surface area (TPSA) is 78.9 Å². The number of urea groups is 1. The van der Waals surface area contributed by atoms with Crippen molar-refractivity contribution in [1.29, 1.82) is 0 Å². The molecule has 1 heterocycles. The molecule has 21 heavy (non-hydrogen) atoms. The van der Waals surface area contributed by atoms with Crippen LogP contribution in [0.25, 0.3) is 0 Å². The Balaban J connectivity index is 2.10. The van der Waals surface area contributed by atoms with Crippen LogP contribution in [0.3, 0.4) is 0 Å². The average Bonchev–Trinajstić information content (AvgIpc) is 2.95. The normalized spacial score (nSPS) is 21.0. The van der Waals surface area contributed by atoms with Gasteiger partial charge in [-0.25, -0.2) is 4.79 Å². The fourth-order valence-electron chi connectivity index (χ4n) is 2.46. The number of rotatable bonds is 5. The van der Waals surface area contributed by atoms with E-state index in [2.05, 4.69) is 5.32 Å². The van der Waals surface area contributed by atoms with Crippen LogP contribution in [0.1, 0.15) is 13.3 Å². The van der Waals surface area contributed by atoms with Gasteiger partial charge >= 0.3 is 12.0 Å². The number of carboxylic acids is 1. The molecule has 2 atom stereocenters. The molecule has 0 radical (unpaired) electrons. The zero-order valence-electron chi connectivity index (χ0n) is 12.0. The first-order chi connectivity index (χ1) is 10.1. The minimum Gasteiger partial charge on any atom is -0.481 e. The van der Waals surface area contributed by atoms with E-state index in [-0.39, 0.29) is 19.2 Å². The second-order valence-electron chi connectivity index (χ2n) is 5.04. The molecule has 1 aromatic rings. The Morgan fingerprint density at radius 3 is 2.67 bits per heavy atom. The van der Waals surface area contributed by atoms with Crippen LogP contribution >= 0.6 is 0 Å². The van der Waals surface area contributed by atoms with Gasteiger partial charge in [-0.2, -0.15) is 0 Å². The number of ether oxygens (including phenoxy) is 1. The molecule has 0 saturated carbocycles. The van der Waals surface area contributed by atoms with Crippen molar-refractivity contribution < 1.29 is 19.4 Å². The van der Waals surface area contributed by atoms with E-state index >= 15 is 0 Å². The van der Waals surface area contributed by atoms with Gasteiger partial charge in [-0.1, -0.05) is 25.1 Å². The molecule has 2 unspecified atom stereocenters. The van der Waals surface area contributed by atoms with Crippen molar-refractivity contribution in [2.45, 2.75) is 19.4 Å². The maximum absolute atomic E-state index is 12.4. The largest absolute Gasteiger partial charge is 0.481 e. The summed E-state index contributed by atoms with van der Waals surface area (Å²) in [6.07, 6.45) is 0.755. The molecular weight excluding hydrogens is 272 g/mol. The Labute approximate surface area is 123 Å². The number of anilines is 1. The molecule has 0 aromatic heterocycles. The number of carbonyl (C=O) groups is 2. The SMILES string of the molecule is CCCN(C(=O)Nc1ccccc1)C1COCC1C(=O)O. The molecule has 1 aromatic carbocycles. The summed E-state index contributed by atoms with van der Waals surface area (Å²) in [5.41, 5.74) is 0.689. The highest BCUT2D eigenvalue weighted by Crippen LogP contribution is 2.21. The van der Waals surface area contributed by atoms with E-state index in [1.54, 1.807) is 17.0 Å². The Morgan fingerprint density at radius 1 is 1.33 bits per heavy atom. The smallest absolute Gasteiger partial charge is 0.322 e. The highest BCUT2D eigenvalue weighted by atomic mass is 16.5. The fraction of sp³-hybridized carbons (Fsp3) is 0.467. The zero-order valence-corrected chi connectivity index (χ0v) is 12.0. The first kappa shape index (κ1) is 15.3. The summed E-state index contributed by atoms with van der Waals surface area (Å²) >= 11 is 0. The van der Waals surface area contributed by atoms with Gasteiger partial charge in [0.25, 0.3) is 0 Å². The summed E-state index contributed by atoms with van der Waals surface area (Å²) in [4.78, 5) is 25.3. The van der Waals surface area contributed by atoms with Gasteiger partial charge in [0, 0.05) is 12.2 Å². The Hall–Kier alpha value is -2.08. The first-order valence-corrected chi connectivity index (χ1v) is 7.06. The molecule has 1 aliphatic rings. The molecule has 6 heteroatoms. The highest BCUT2D eigenvalue weighted by Gasteiger charge is 2.39. The lowest BCUT2D eigenvalue weighted by Crippen LogP contribution is -2.48. The molecule has 1 saturated heterocycles. The summed E-state index contributed by atoms with van der Waals surface area (Å²) in [6, 6.07) is 8.40. The minimum absolute atomic E-state index is 0.152. The van der Waals surface area contributed by atoms with Gasteiger partial charge < -0.3 is 20.1 Å². The summed E-state index contributed by atoms with van der Waals surface area (Å²) in [7, 11) is 0. The van der Waals surface area contributed by atoms with Crippen LogP contribution in [0.2, 0.25) is 0 Å². The third kappa shape index (κ3) is 3.72. The summed E-state index contributed by atoms with van der Waals surface area (Å²) in [6.45, 7) is 2.86. The maximum atomic E-state index is 12.4. The molecule has 2 amide bonds. The van der Waals surface area contributed by atoms with Crippen LogP contribution in [-0.2, 0) is 9.53 Å². The van der Waals surface area contributed by atoms with E-state index in [1.807, 2.05) is 25.1 Å². The molecule has 1 fully saturated rings. The van der Waals surface area contributed by atoms with Gasteiger partial charge in [0.15, 0.2) is 0 Å². The van der Waals surface area contributed by atoms with Crippen LogP contribution in [0, 0.1) is 5.92 Å². The Kier molecular flexibility index (Phi) is 5.16. The summed E-state index contributed by atoms with van der Waals surface area (Å²) in [5.74, 6) is -1.59. The van der Waals surface area contributed by atoms with Crippen molar-refractivity contribution in [3.63, 3.8) is 0 Å². The average molecular weight is 292 g/mol. The predicted molar refractivity (Wildman–Crippen MR) is 78.2 cm³/mol. The van der Waals surface area contributed by atoms with Crippen molar-refractivity contribution >= 4 is 17.7 Å². The van der Waals surface area contributed by atoms with Gasteiger partial charge in [0.1, 0.15) is 5.92 Å². The van der Waals surface area contributed by atoms with Crippen molar-refractivity contribution in [3.05, 3.63) is 30.3 Å². The van der Waals surface area contributed by atoms with Gasteiger partial charge in [-0.05, 0) is 18.6 Å². The number of nitrogens with one attached hydrogen (secondary N) is 1. The second-order valence-corrected chi connectivity index (χ2v) is 5.04. The molecule has 0 bridgehead atoms. The monoisotopic (exact) mass is 292 g/mol. The number of hydrogen-bond donors (Lipinski definition) is 2. The number of aliphatic carboxylic acids is 1. The zero-order chi connectivity index (χ0) is 15.2. The summed E-state index contributed by atoms with van der Waals surface area (Å²) < 4.78 is 5.26. The van der Waals surface area contributed by atoms with Crippen molar-refractivity contribution in [1.82, 2.24) is 4.90 Å². The lowest BCUT2D eigenvalue weighted by atomic mass is 10.0. The first-order valence-electron chi connectivity index (χ1n) is 7.06. The lowest BCUT2D eigenvalue weighted by molar-refractivity contribution is -0.142. The number of carboxylic acid groups (broad SMARTS) is 1. The molecule has 2 rings (SSSR count). The minimum atomic E-state index is -0.925. The van der Waals surface area contributed by atoms with Crippen LogP contribution in [0.5, 0.6) is 0 Å². The van der Waals surface area contributed by atoms with E-state index < -0.39 is 17.9 Å². The number of amides is 2. The van der Waals surface area contributed by atoms with Gasteiger partial charge in [-0.15, -0.1) is 0 Å². The van der Waals surface area contributed by atoms with E-state index in [0.29, 0.717) is 12.2 Å². The third-order valence-electron chi connectivity index (χ3n) is 3.52.